The predicted molar refractivity (Wildman–Crippen MR) is 113 cm³/mol. The topological polar surface area (TPSA) is 71.3 Å². The highest BCUT2D eigenvalue weighted by atomic mass is 35.5. The van der Waals surface area contributed by atoms with E-state index >= 15 is 0 Å². The Morgan fingerprint density at radius 2 is 2.00 bits per heavy atom. The van der Waals surface area contributed by atoms with Crippen molar-refractivity contribution >= 4 is 18.3 Å². The van der Waals surface area contributed by atoms with Gasteiger partial charge in [0.2, 0.25) is 11.7 Å². The maximum atomic E-state index is 12.9. The van der Waals surface area contributed by atoms with Crippen molar-refractivity contribution in [1.29, 1.82) is 0 Å². The molecule has 1 aliphatic rings. The molecule has 1 aliphatic heterocycles. The Kier molecular flexibility index (Phi) is 7.61. The second kappa shape index (κ2) is 9.52. The van der Waals surface area contributed by atoms with Crippen LogP contribution in [0.1, 0.15) is 49.9 Å². The lowest BCUT2D eigenvalue weighted by molar-refractivity contribution is 0.0691. The molecule has 3 rings (SSSR count). The number of benzene rings is 1. The smallest absolute Gasteiger partial charge is 0.253 e. The maximum Gasteiger partial charge on any atom is 0.253 e. The van der Waals surface area contributed by atoms with Crippen LogP contribution < -0.4 is 5.32 Å². The van der Waals surface area contributed by atoms with Crippen molar-refractivity contribution in [2.45, 2.75) is 40.0 Å². The van der Waals surface area contributed by atoms with Crippen LogP contribution in [-0.2, 0) is 6.42 Å². The molecule has 2 heterocycles. The van der Waals surface area contributed by atoms with Gasteiger partial charge in [0.25, 0.3) is 5.91 Å². The van der Waals surface area contributed by atoms with E-state index in [1.54, 1.807) is 0 Å². The van der Waals surface area contributed by atoms with E-state index in [1.165, 1.54) is 0 Å². The molecule has 6 nitrogen and oxygen atoms in total. The van der Waals surface area contributed by atoms with Crippen molar-refractivity contribution in [3.63, 3.8) is 0 Å². The molecule has 154 valence electrons. The number of aromatic nitrogens is 2. The number of amides is 1. The summed E-state index contributed by atoms with van der Waals surface area (Å²) in [5.41, 5.74) is 1.58. The number of nitrogens with one attached hydrogen (secondary N) is 1. The van der Waals surface area contributed by atoms with Crippen molar-refractivity contribution in [2.75, 3.05) is 26.7 Å². The van der Waals surface area contributed by atoms with Gasteiger partial charge in [-0.2, -0.15) is 4.98 Å². The fourth-order valence-corrected chi connectivity index (χ4v) is 3.50. The number of hydrogen-bond acceptors (Lipinski definition) is 5. The minimum atomic E-state index is 0. The SMILES string of the molecule is CNCC1CCN(C(=O)c2cccc(-c3noc(CC(C)(C)C)n3)c2)CC1.Cl. The van der Waals surface area contributed by atoms with Crippen molar-refractivity contribution in [1.82, 2.24) is 20.4 Å². The number of piperidine rings is 1. The first-order valence-electron chi connectivity index (χ1n) is 9.72. The fourth-order valence-electron chi connectivity index (χ4n) is 3.50. The molecule has 0 spiro atoms. The van der Waals surface area contributed by atoms with Crippen molar-refractivity contribution in [2.24, 2.45) is 11.3 Å². The molecule has 0 unspecified atom stereocenters. The molecule has 0 radical (unpaired) electrons. The Morgan fingerprint density at radius 3 is 2.64 bits per heavy atom. The highest BCUT2D eigenvalue weighted by Gasteiger charge is 2.24. The third-order valence-corrected chi connectivity index (χ3v) is 4.91. The van der Waals surface area contributed by atoms with Crippen LogP contribution in [0.4, 0.5) is 0 Å². The summed E-state index contributed by atoms with van der Waals surface area (Å²) in [5.74, 6) is 1.90. The van der Waals surface area contributed by atoms with E-state index in [-0.39, 0.29) is 23.7 Å². The summed E-state index contributed by atoms with van der Waals surface area (Å²) >= 11 is 0. The first-order chi connectivity index (χ1) is 12.9. The van der Waals surface area contributed by atoms with Crippen LogP contribution in [0.15, 0.2) is 28.8 Å². The maximum absolute atomic E-state index is 12.9. The van der Waals surface area contributed by atoms with Crippen molar-refractivity contribution < 1.29 is 9.32 Å². The quantitative estimate of drug-likeness (QED) is 0.817. The van der Waals surface area contributed by atoms with Gasteiger partial charge in [-0.1, -0.05) is 38.1 Å². The highest BCUT2D eigenvalue weighted by molar-refractivity contribution is 5.95. The van der Waals surface area contributed by atoms with E-state index < -0.39 is 0 Å². The number of rotatable bonds is 5. The number of carbonyl (C=O) groups excluding carboxylic acids is 1. The van der Waals surface area contributed by atoms with Gasteiger partial charge in [-0.15, -0.1) is 12.4 Å². The summed E-state index contributed by atoms with van der Waals surface area (Å²) in [6, 6.07) is 7.53. The lowest BCUT2D eigenvalue weighted by Gasteiger charge is -2.32. The van der Waals surface area contributed by atoms with Crippen LogP contribution in [0, 0.1) is 11.3 Å². The molecule has 1 fully saturated rings. The van der Waals surface area contributed by atoms with Gasteiger partial charge >= 0.3 is 0 Å². The molecular weight excluding hydrogens is 376 g/mol. The highest BCUT2D eigenvalue weighted by Crippen LogP contribution is 2.24. The van der Waals surface area contributed by atoms with E-state index in [4.69, 9.17) is 4.52 Å². The van der Waals surface area contributed by atoms with Crippen LogP contribution in [0.5, 0.6) is 0 Å². The number of hydrogen-bond donors (Lipinski definition) is 1. The lowest BCUT2D eigenvalue weighted by Crippen LogP contribution is -2.40. The van der Waals surface area contributed by atoms with E-state index in [0.29, 0.717) is 23.2 Å². The van der Waals surface area contributed by atoms with Gasteiger partial charge in [0.05, 0.1) is 0 Å². The summed E-state index contributed by atoms with van der Waals surface area (Å²) < 4.78 is 5.38. The van der Waals surface area contributed by atoms with E-state index in [9.17, 15) is 4.79 Å². The van der Waals surface area contributed by atoms with E-state index in [0.717, 1.165) is 44.5 Å². The molecule has 2 aromatic rings. The average Bonchev–Trinajstić information content (AvgIpc) is 3.09. The minimum absolute atomic E-state index is 0. The second-order valence-electron chi connectivity index (χ2n) is 8.62. The first-order valence-corrected chi connectivity index (χ1v) is 9.72. The number of likely N-dealkylation sites (tertiary alicyclic amines) is 1. The Labute approximate surface area is 173 Å². The van der Waals surface area contributed by atoms with Gasteiger partial charge in [-0.3, -0.25) is 4.79 Å². The number of nitrogens with zero attached hydrogens (tertiary/aromatic N) is 3. The van der Waals surface area contributed by atoms with Crippen LogP contribution >= 0.6 is 12.4 Å². The molecule has 1 amide bonds. The normalized spacial score (nSPS) is 15.4. The molecule has 0 aliphatic carbocycles. The van der Waals surface area contributed by atoms with Crippen LogP contribution in [0.3, 0.4) is 0 Å². The lowest BCUT2D eigenvalue weighted by atomic mass is 9.92. The summed E-state index contributed by atoms with van der Waals surface area (Å²) in [5, 5.41) is 7.32. The van der Waals surface area contributed by atoms with Gasteiger partial charge in [0.1, 0.15) is 0 Å². The van der Waals surface area contributed by atoms with Crippen LogP contribution in [0.2, 0.25) is 0 Å². The standard InChI is InChI=1S/C21H30N4O2.ClH/c1-21(2,3)13-18-23-19(24-27-18)16-6-5-7-17(12-16)20(26)25-10-8-15(9-11-25)14-22-4;/h5-7,12,15,22H,8-11,13-14H2,1-4H3;1H. The molecule has 7 heteroatoms. The molecule has 0 bridgehead atoms. The molecule has 1 saturated heterocycles. The summed E-state index contributed by atoms with van der Waals surface area (Å²) in [6.45, 7) is 9.05. The molecular formula is C21H31ClN4O2. The Balaban J connectivity index is 0.00000280. The van der Waals surface area contributed by atoms with Crippen LogP contribution in [-0.4, -0.2) is 47.6 Å². The second-order valence-corrected chi connectivity index (χ2v) is 8.62. The zero-order valence-corrected chi connectivity index (χ0v) is 18.0. The molecule has 1 aromatic heterocycles. The molecule has 1 N–H and O–H groups in total. The summed E-state index contributed by atoms with van der Waals surface area (Å²) in [4.78, 5) is 19.3. The Morgan fingerprint density at radius 1 is 1.29 bits per heavy atom. The molecule has 0 saturated carbocycles. The Bertz CT molecular complexity index is 777. The predicted octanol–water partition coefficient (Wildman–Crippen LogP) is 3.82. The first kappa shape index (κ1) is 22.4. The van der Waals surface area contributed by atoms with Gasteiger partial charge in [0.15, 0.2) is 0 Å². The fraction of sp³-hybridized carbons (Fsp3) is 0.571. The van der Waals surface area contributed by atoms with E-state index in [1.807, 2.05) is 36.2 Å². The largest absolute Gasteiger partial charge is 0.339 e. The summed E-state index contributed by atoms with van der Waals surface area (Å²) in [6.07, 6.45) is 2.82. The third-order valence-electron chi connectivity index (χ3n) is 4.91. The van der Waals surface area contributed by atoms with E-state index in [2.05, 4.69) is 36.2 Å². The van der Waals surface area contributed by atoms with Crippen molar-refractivity contribution in [3.8, 4) is 11.4 Å². The zero-order valence-electron chi connectivity index (χ0n) is 17.2. The van der Waals surface area contributed by atoms with Gasteiger partial charge < -0.3 is 14.7 Å². The number of carbonyl (C=O) groups is 1. The Hall–Kier alpha value is -1.92. The van der Waals surface area contributed by atoms with Gasteiger partial charge in [-0.25, -0.2) is 0 Å². The van der Waals surface area contributed by atoms with Crippen LogP contribution in [0.25, 0.3) is 11.4 Å². The molecule has 0 atom stereocenters. The monoisotopic (exact) mass is 406 g/mol. The summed E-state index contributed by atoms with van der Waals surface area (Å²) in [7, 11) is 1.98. The molecule has 1 aromatic carbocycles. The zero-order chi connectivity index (χ0) is 19.4. The number of halogens is 1. The van der Waals surface area contributed by atoms with Gasteiger partial charge in [-0.05, 0) is 49.9 Å². The van der Waals surface area contributed by atoms with Gasteiger partial charge in [0, 0.05) is 30.6 Å². The average molecular weight is 407 g/mol. The minimum Gasteiger partial charge on any atom is -0.339 e. The molecule has 28 heavy (non-hydrogen) atoms. The third kappa shape index (κ3) is 5.79. The van der Waals surface area contributed by atoms with Crippen molar-refractivity contribution in [3.05, 3.63) is 35.7 Å².